The van der Waals surface area contributed by atoms with Crippen LogP contribution in [0.4, 0.5) is 5.69 Å². The summed E-state index contributed by atoms with van der Waals surface area (Å²) in [5, 5.41) is 14.1. The number of benzene rings is 1. The average molecular weight is 292 g/mol. The average Bonchev–Trinajstić information content (AvgIpc) is 3.41. The molecule has 0 unspecified atom stereocenters. The van der Waals surface area contributed by atoms with Crippen LogP contribution in [0, 0.1) is 11.3 Å². The predicted molar refractivity (Wildman–Crippen MR) is 87.7 cm³/mol. The van der Waals surface area contributed by atoms with Gasteiger partial charge >= 0.3 is 0 Å². The number of anilines is 1. The van der Waals surface area contributed by atoms with E-state index in [1.807, 2.05) is 24.3 Å². The number of nitrogens with zero attached hydrogens (tertiary/aromatic N) is 3. The number of rotatable bonds is 3. The van der Waals surface area contributed by atoms with Gasteiger partial charge in [0.05, 0.1) is 16.8 Å². The quantitative estimate of drug-likeness (QED) is 0.944. The molecule has 4 nitrogen and oxygen atoms in total. The molecule has 0 atom stereocenters. The number of fused-ring (bicyclic) bond motifs is 1. The van der Waals surface area contributed by atoms with Crippen molar-refractivity contribution in [3.05, 3.63) is 36.0 Å². The molecule has 1 saturated carbocycles. The van der Waals surface area contributed by atoms with E-state index in [1.165, 1.54) is 25.9 Å². The minimum Gasteiger partial charge on any atom is -0.381 e. The second-order valence-electron chi connectivity index (χ2n) is 6.36. The molecule has 2 aliphatic rings. The molecule has 1 aromatic heterocycles. The van der Waals surface area contributed by atoms with Crippen molar-refractivity contribution in [3.8, 4) is 6.07 Å². The molecule has 0 amide bonds. The Hall–Kier alpha value is -2.12. The van der Waals surface area contributed by atoms with E-state index < -0.39 is 0 Å². The Labute approximate surface area is 130 Å². The van der Waals surface area contributed by atoms with Crippen LogP contribution in [0.15, 0.2) is 30.5 Å². The number of hydrogen-bond acceptors (Lipinski definition) is 4. The zero-order valence-electron chi connectivity index (χ0n) is 12.6. The van der Waals surface area contributed by atoms with Crippen LogP contribution in [0.25, 0.3) is 10.9 Å². The predicted octanol–water partition coefficient (Wildman–Crippen LogP) is 3.15. The summed E-state index contributed by atoms with van der Waals surface area (Å²) in [7, 11) is 0. The van der Waals surface area contributed by atoms with Crippen molar-refractivity contribution >= 4 is 16.6 Å². The lowest BCUT2D eigenvalue weighted by Crippen LogP contribution is -2.40. The van der Waals surface area contributed by atoms with Gasteiger partial charge in [-0.1, -0.05) is 18.2 Å². The van der Waals surface area contributed by atoms with E-state index in [9.17, 15) is 5.26 Å². The number of hydrogen-bond donors (Lipinski definition) is 1. The zero-order valence-corrected chi connectivity index (χ0v) is 12.6. The smallest absolute Gasteiger partial charge is 0.103 e. The fourth-order valence-corrected chi connectivity index (χ4v) is 3.43. The van der Waals surface area contributed by atoms with Gasteiger partial charge in [0.1, 0.15) is 6.07 Å². The maximum atomic E-state index is 9.39. The molecule has 1 N–H and O–H groups in total. The third-order valence-electron chi connectivity index (χ3n) is 4.84. The molecule has 4 rings (SSSR count). The highest BCUT2D eigenvalue weighted by Gasteiger charge is 2.31. The van der Waals surface area contributed by atoms with Gasteiger partial charge in [-0.05, 0) is 31.7 Å². The highest BCUT2D eigenvalue weighted by atomic mass is 15.2. The first-order valence-electron chi connectivity index (χ1n) is 8.13. The monoisotopic (exact) mass is 292 g/mol. The third kappa shape index (κ3) is 2.53. The number of piperidine rings is 1. The van der Waals surface area contributed by atoms with Gasteiger partial charge in [0.25, 0.3) is 0 Å². The Bertz CT molecular complexity index is 721. The molecule has 22 heavy (non-hydrogen) atoms. The maximum absolute atomic E-state index is 9.39. The SMILES string of the molecule is N#Cc1cnc2ccccc2c1NC1CCN(C2CC2)CC1. The van der Waals surface area contributed by atoms with Crippen LogP contribution >= 0.6 is 0 Å². The minimum atomic E-state index is 0.452. The second-order valence-corrected chi connectivity index (χ2v) is 6.36. The van der Waals surface area contributed by atoms with Gasteiger partial charge in [-0.25, -0.2) is 0 Å². The van der Waals surface area contributed by atoms with E-state index in [0.29, 0.717) is 11.6 Å². The number of nitriles is 1. The molecule has 1 saturated heterocycles. The van der Waals surface area contributed by atoms with Gasteiger partial charge in [-0.15, -0.1) is 0 Å². The topological polar surface area (TPSA) is 52.0 Å². The third-order valence-corrected chi connectivity index (χ3v) is 4.84. The van der Waals surface area contributed by atoms with E-state index in [2.05, 4.69) is 21.3 Å². The number of aromatic nitrogens is 1. The first kappa shape index (κ1) is 13.5. The molecule has 1 aromatic carbocycles. The van der Waals surface area contributed by atoms with Gasteiger partial charge in [-0.3, -0.25) is 4.98 Å². The molecule has 0 spiro atoms. The Balaban J connectivity index is 1.57. The van der Waals surface area contributed by atoms with E-state index in [1.54, 1.807) is 6.20 Å². The second kappa shape index (κ2) is 5.58. The Morgan fingerprint density at radius 1 is 1.14 bits per heavy atom. The molecular weight excluding hydrogens is 272 g/mol. The van der Waals surface area contributed by atoms with Gasteiger partial charge in [0.2, 0.25) is 0 Å². The van der Waals surface area contributed by atoms with Gasteiger partial charge in [-0.2, -0.15) is 5.26 Å². The molecule has 0 bridgehead atoms. The lowest BCUT2D eigenvalue weighted by molar-refractivity contribution is 0.210. The van der Waals surface area contributed by atoms with Crippen molar-refractivity contribution in [1.29, 1.82) is 5.26 Å². The van der Waals surface area contributed by atoms with Gasteiger partial charge < -0.3 is 10.2 Å². The summed E-state index contributed by atoms with van der Waals surface area (Å²) in [5.74, 6) is 0. The molecule has 2 fully saturated rings. The summed E-state index contributed by atoms with van der Waals surface area (Å²) >= 11 is 0. The van der Waals surface area contributed by atoms with Crippen LogP contribution in [0.3, 0.4) is 0 Å². The van der Waals surface area contributed by atoms with Crippen molar-refractivity contribution in [1.82, 2.24) is 9.88 Å². The highest BCUT2D eigenvalue weighted by Crippen LogP contribution is 2.31. The standard InChI is InChI=1S/C18H20N4/c19-11-13-12-20-17-4-2-1-3-16(17)18(13)21-14-7-9-22(10-8-14)15-5-6-15/h1-4,12,14-15H,5-10H2,(H,20,21). The first-order valence-corrected chi connectivity index (χ1v) is 8.13. The normalized spacial score (nSPS) is 20.0. The Kier molecular flexibility index (Phi) is 3.44. The summed E-state index contributed by atoms with van der Waals surface area (Å²) in [4.78, 5) is 7.00. The maximum Gasteiger partial charge on any atom is 0.103 e. The zero-order chi connectivity index (χ0) is 14.9. The summed E-state index contributed by atoms with van der Waals surface area (Å²) in [6.45, 7) is 2.35. The first-order chi connectivity index (χ1) is 10.8. The van der Waals surface area contributed by atoms with Crippen molar-refractivity contribution in [3.63, 3.8) is 0 Å². The van der Waals surface area contributed by atoms with Crippen LogP contribution in [-0.2, 0) is 0 Å². The fourth-order valence-electron chi connectivity index (χ4n) is 3.43. The van der Waals surface area contributed by atoms with E-state index >= 15 is 0 Å². The molecule has 0 radical (unpaired) electrons. The van der Waals surface area contributed by atoms with Gasteiger partial charge in [0.15, 0.2) is 0 Å². The molecule has 112 valence electrons. The number of likely N-dealkylation sites (tertiary alicyclic amines) is 1. The summed E-state index contributed by atoms with van der Waals surface area (Å²) in [6.07, 6.45) is 6.75. The highest BCUT2D eigenvalue weighted by molar-refractivity contribution is 5.93. The van der Waals surface area contributed by atoms with Gasteiger partial charge in [0, 0.05) is 36.8 Å². The van der Waals surface area contributed by atoms with Crippen LogP contribution in [0.1, 0.15) is 31.2 Å². The van der Waals surface area contributed by atoms with Crippen LogP contribution in [-0.4, -0.2) is 35.1 Å². The van der Waals surface area contributed by atoms with Crippen molar-refractivity contribution in [2.75, 3.05) is 18.4 Å². The van der Waals surface area contributed by atoms with Crippen molar-refractivity contribution in [2.24, 2.45) is 0 Å². The van der Waals surface area contributed by atoms with Crippen LogP contribution < -0.4 is 5.32 Å². The molecule has 4 heteroatoms. The molecule has 1 aliphatic heterocycles. The summed E-state index contributed by atoms with van der Waals surface area (Å²) in [6, 6.07) is 11.6. The van der Waals surface area contributed by atoms with E-state index in [4.69, 9.17) is 0 Å². The van der Waals surface area contributed by atoms with Crippen molar-refractivity contribution in [2.45, 2.75) is 37.8 Å². The molecule has 2 heterocycles. The largest absolute Gasteiger partial charge is 0.381 e. The molecule has 2 aromatic rings. The number of para-hydroxylation sites is 1. The van der Waals surface area contributed by atoms with Crippen LogP contribution in [0.5, 0.6) is 0 Å². The lowest BCUT2D eigenvalue weighted by atomic mass is 10.0. The lowest BCUT2D eigenvalue weighted by Gasteiger charge is -2.33. The van der Waals surface area contributed by atoms with E-state index in [0.717, 1.165) is 35.5 Å². The fraction of sp³-hybridized carbons (Fsp3) is 0.444. The molecular formula is C18H20N4. The van der Waals surface area contributed by atoms with E-state index in [-0.39, 0.29) is 0 Å². The minimum absolute atomic E-state index is 0.452. The Morgan fingerprint density at radius 3 is 2.64 bits per heavy atom. The molecule has 1 aliphatic carbocycles. The summed E-state index contributed by atoms with van der Waals surface area (Å²) < 4.78 is 0. The van der Waals surface area contributed by atoms with Crippen molar-refractivity contribution < 1.29 is 0 Å². The Morgan fingerprint density at radius 2 is 1.91 bits per heavy atom. The van der Waals surface area contributed by atoms with Crippen LogP contribution in [0.2, 0.25) is 0 Å². The number of nitrogens with one attached hydrogen (secondary N) is 1. The summed E-state index contributed by atoms with van der Waals surface area (Å²) in [5.41, 5.74) is 2.54. The number of pyridine rings is 1.